The third-order valence-electron chi connectivity index (χ3n) is 7.82. The standard InChI is InChI=1S/C27H24FN7O5/c1-16(36)39-14-25(37)33-12-21-22(13-33)27(21,15-29)24-5-2-17(9-30-24)20-4-3-18(8-23(20)28)35-11-19(40-26(35)38)10-34-7-6-31-32-34/h2-9,19,21-22H,10-14H2,1H3/t19-,21-,22+,27?/m0/s1. The SMILES string of the molecule is CC(=O)OCC(=O)N1C[C@@H]2[C@H](C1)C2(C#N)c1ccc(-c2ccc(N3C[C@H](Cn4ccnn4)OC3=O)cc2F)cn1. The number of fused-ring (bicyclic) bond motifs is 1. The number of benzene rings is 1. The Kier molecular flexibility index (Phi) is 6.17. The van der Waals surface area contributed by atoms with Gasteiger partial charge in [-0.2, -0.15) is 5.26 Å². The first kappa shape index (κ1) is 25.4. The van der Waals surface area contributed by atoms with E-state index in [9.17, 15) is 19.6 Å². The van der Waals surface area contributed by atoms with Crippen LogP contribution in [-0.4, -0.2) is 75.2 Å². The van der Waals surface area contributed by atoms with E-state index >= 15 is 4.39 Å². The number of esters is 1. The van der Waals surface area contributed by atoms with Crippen molar-refractivity contribution in [2.45, 2.75) is 25.0 Å². The summed E-state index contributed by atoms with van der Waals surface area (Å²) in [6.45, 7) is 2.29. The molecular weight excluding hydrogens is 521 g/mol. The highest BCUT2D eigenvalue weighted by Gasteiger charge is 2.71. The molecule has 40 heavy (non-hydrogen) atoms. The molecule has 0 radical (unpaired) electrons. The number of piperidine rings is 1. The van der Waals surface area contributed by atoms with Crippen molar-refractivity contribution in [3.05, 3.63) is 60.4 Å². The van der Waals surface area contributed by atoms with Crippen LogP contribution in [0, 0.1) is 29.0 Å². The molecule has 0 bridgehead atoms. The van der Waals surface area contributed by atoms with Crippen LogP contribution in [0.4, 0.5) is 14.9 Å². The number of amides is 2. The number of cyclic esters (lactones) is 1. The summed E-state index contributed by atoms with van der Waals surface area (Å²) in [6, 6.07) is 10.3. The predicted octanol–water partition coefficient (Wildman–Crippen LogP) is 1.92. The highest BCUT2D eigenvalue weighted by molar-refractivity contribution is 5.90. The van der Waals surface area contributed by atoms with Crippen molar-refractivity contribution in [1.29, 1.82) is 5.26 Å². The van der Waals surface area contributed by atoms with Gasteiger partial charge >= 0.3 is 12.1 Å². The first-order chi connectivity index (χ1) is 19.3. The number of carbonyl (C=O) groups is 3. The summed E-state index contributed by atoms with van der Waals surface area (Å²) in [5, 5.41) is 17.6. The number of nitriles is 1. The molecule has 204 valence electrons. The Morgan fingerprint density at radius 1 is 1.23 bits per heavy atom. The Hall–Kier alpha value is -4.86. The van der Waals surface area contributed by atoms with Crippen LogP contribution in [0.3, 0.4) is 0 Å². The Morgan fingerprint density at radius 2 is 2.02 bits per heavy atom. The van der Waals surface area contributed by atoms with Gasteiger partial charge in [0.2, 0.25) is 0 Å². The molecule has 13 heteroatoms. The molecule has 1 aromatic carbocycles. The molecule has 3 aliphatic rings. The Labute approximate surface area is 227 Å². The normalized spacial score (nSPS) is 24.8. The van der Waals surface area contributed by atoms with Gasteiger partial charge in [0.25, 0.3) is 5.91 Å². The van der Waals surface area contributed by atoms with Crippen LogP contribution in [0.25, 0.3) is 11.1 Å². The van der Waals surface area contributed by atoms with Crippen molar-refractivity contribution in [2.24, 2.45) is 11.8 Å². The molecule has 6 rings (SSSR count). The lowest BCUT2D eigenvalue weighted by molar-refractivity contribution is -0.150. The molecule has 1 unspecified atom stereocenters. The van der Waals surface area contributed by atoms with Crippen LogP contribution in [-0.2, 0) is 31.0 Å². The molecule has 0 N–H and O–H groups in total. The molecule has 2 aromatic heterocycles. The fraction of sp³-hybridized carbons (Fsp3) is 0.370. The van der Waals surface area contributed by atoms with Crippen LogP contribution in [0.1, 0.15) is 12.6 Å². The number of aromatic nitrogens is 4. The number of pyridine rings is 1. The molecule has 3 fully saturated rings. The van der Waals surface area contributed by atoms with Crippen LogP contribution in [0.5, 0.6) is 0 Å². The lowest BCUT2D eigenvalue weighted by Gasteiger charge is -2.22. The minimum atomic E-state index is -0.808. The quantitative estimate of drug-likeness (QED) is 0.407. The van der Waals surface area contributed by atoms with E-state index in [-0.39, 0.29) is 30.9 Å². The predicted molar refractivity (Wildman–Crippen MR) is 135 cm³/mol. The van der Waals surface area contributed by atoms with Crippen LogP contribution < -0.4 is 4.90 Å². The van der Waals surface area contributed by atoms with Crippen molar-refractivity contribution >= 4 is 23.7 Å². The molecule has 3 aromatic rings. The average Bonchev–Trinajstić information content (AvgIpc) is 3.45. The molecule has 0 spiro atoms. The molecule has 2 amide bonds. The van der Waals surface area contributed by atoms with Gasteiger partial charge < -0.3 is 14.4 Å². The minimum absolute atomic E-state index is 0.0678. The number of halogens is 1. The maximum absolute atomic E-state index is 15.2. The number of anilines is 1. The fourth-order valence-electron chi connectivity index (χ4n) is 5.76. The fourth-order valence-corrected chi connectivity index (χ4v) is 5.76. The summed E-state index contributed by atoms with van der Waals surface area (Å²) in [5.41, 5.74) is 0.977. The molecular formula is C27H24FN7O5. The number of carbonyl (C=O) groups excluding carboxylic acids is 3. The number of hydrogen-bond donors (Lipinski definition) is 0. The van der Waals surface area contributed by atoms with E-state index < -0.39 is 29.4 Å². The average molecular weight is 546 g/mol. The lowest BCUT2D eigenvalue weighted by atomic mass is 9.95. The first-order valence-electron chi connectivity index (χ1n) is 12.7. The second kappa shape index (κ2) is 9.71. The lowest BCUT2D eigenvalue weighted by Crippen LogP contribution is -2.37. The van der Waals surface area contributed by atoms with E-state index in [1.165, 1.54) is 30.3 Å². The molecule has 4 atom stereocenters. The van der Waals surface area contributed by atoms with Gasteiger partial charge in [0.15, 0.2) is 6.61 Å². The summed E-state index contributed by atoms with van der Waals surface area (Å²) in [6.07, 6.45) is 3.73. The monoisotopic (exact) mass is 545 g/mol. The van der Waals surface area contributed by atoms with Gasteiger partial charge in [-0.3, -0.25) is 19.5 Å². The van der Waals surface area contributed by atoms with Gasteiger partial charge in [0, 0.05) is 55.4 Å². The summed E-state index contributed by atoms with van der Waals surface area (Å²) in [7, 11) is 0. The number of hydrogen-bond acceptors (Lipinski definition) is 9. The van der Waals surface area contributed by atoms with Crippen molar-refractivity contribution in [2.75, 3.05) is 31.1 Å². The minimum Gasteiger partial charge on any atom is -0.456 e. The maximum atomic E-state index is 15.2. The van der Waals surface area contributed by atoms with E-state index in [1.54, 1.807) is 40.0 Å². The van der Waals surface area contributed by atoms with Gasteiger partial charge in [-0.15, -0.1) is 5.10 Å². The molecule has 1 aliphatic carbocycles. The number of ether oxygens (including phenoxy) is 2. The largest absolute Gasteiger partial charge is 0.456 e. The smallest absolute Gasteiger partial charge is 0.414 e. The molecule has 2 saturated heterocycles. The van der Waals surface area contributed by atoms with Gasteiger partial charge in [0.05, 0.1) is 36.7 Å². The van der Waals surface area contributed by atoms with E-state index in [0.29, 0.717) is 42.1 Å². The van der Waals surface area contributed by atoms with Crippen LogP contribution in [0.15, 0.2) is 48.9 Å². The maximum Gasteiger partial charge on any atom is 0.414 e. The van der Waals surface area contributed by atoms with E-state index in [4.69, 9.17) is 9.47 Å². The van der Waals surface area contributed by atoms with E-state index in [2.05, 4.69) is 21.4 Å². The number of likely N-dealkylation sites (tertiary alicyclic amines) is 1. The van der Waals surface area contributed by atoms with Crippen molar-refractivity contribution < 1.29 is 28.2 Å². The summed E-state index contributed by atoms with van der Waals surface area (Å²) in [4.78, 5) is 43.1. The van der Waals surface area contributed by atoms with Crippen molar-refractivity contribution in [3.8, 4) is 17.2 Å². The van der Waals surface area contributed by atoms with Gasteiger partial charge in [-0.25, -0.2) is 13.9 Å². The topological polar surface area (TPSA) is 144 Å². The van der Waals surface area contributed by atoms with Crippen molar-refractivity contribution in [1.82, 2.24) is 24.9 Å². The molecule has 2 aliphatic heterocycles. The molecule has 1 saturated carbocycles. The summed E-state index contributed by atoms with van der Waals surface area (Å²) >= 11 is 0. The highest BCUT2D eigenvalue weighted by atomic mass is 19.1. The van der Waals surface area contributed by atoms with Gasteiger partial charge in [0.1, 0.15) is 17.3 Å². The molecule has 4 heterocycles. The number of nitrogens with zero attached hydrogens (tertiary/aromatic N) is 7. The second-order valence-electron chi connectivity index (χ2n) is 10.1. The zero-order valence-electron chi connectivity index (χ0n) is 21.4. The first-order valence-corrected chi connectivity index (χ1v) is 12.7. The third kappa shape index (κ3) is 4.31. The zero-order chi connectivity index (χ0) is 28.0. The van der Waals surface area contributed by atoms with E-state index in [0.717, 1.165) is 0 Å². The van der Waals surface area contributed by atoms with E-state index in [1.807, 2.05) is 0 Å². The molecule has 12 nitrogen and oxygen atoms in total. The highest BCUT2D eigenvalue weighted by Crippen LogP contribution is 2.62. The van der Waals surface area contributed by atoms with Crippen LogP contribution in [0.2, 0.25) is 0 Å². The summed E-state index contributed by atoms with van der Waals surface area (Å²) in [5.74, 6) is -1.47. The zero-order valence-corrected chi connectivity index (χ0v) is 21.4. The van der Waals surface area contributed by atoms with Crippen LogP contribution >= 0.6 is 0 Å². The van der Waals surface area contributed by atoms with Gasteiger partial charge in [-0.05, 0) is 24.3 Å². The summed E-state index contributed by atoms with van der Waals surface area (Å²) < 4.78 is 26.9. The second-order valence-corrected chi connectivity index (χ2v) is 10.1. The van der Waals surface area contributed by atoms with Gasteiger partial charge in [-0.1, -0.05) is 11.3 Å². The number of rotatable bonds is 7. The Morgan fingerprint density at radius 3 is 2.65 bits per heavy atom. The Balaban J connectivity index is 1.12. The Bertz CT molecular complexity index is 1510. The third-order valence-corrected chi connectivity index (χ3v) is 7.82. The van der Waals surface area contributed by atoms with Crippen molar-refractivity contribution in [3.63, 3.8) is 0 Å².